The molecule has 0 aliphatic heterocycles. The Bertz CT molecular complexity index is 3170. The minimum atomic E-state index is 0.651. The number of benzene rings is 8. The van der Waals surface area contributed by atoms with Gasteiger partial charge in [0.2, 0.25) is 5.95 Å². The van der Waals surface area contributed by atoms with Crippen LogP contribution in [0, 0.1) is 0 Å². The number of hydrogen-bond acceptors (Lipinski definition) is 2. The average molecular weight is 689 g/mol. The van der Waals surface area contributed by atoms with Crippen LogP contribution in [0.1, 0.15) is 0 Å². The van der Waals surface area contributed by atoms with Gasteiger partial charge in [-0.05, 0) is 70.1 Å². The molecule has 0 amide bonds. The molecule has 4 nitrogen and oxygen atoms in total. The van der Waals surface area contributed by atoms with Gasteiger partial charge < -0.3 is 4.57 Å². The normalized spacial score (nSPS) is 11.7. The minimum Gasteiger partial charge on any atom is -0.309 e. The lowest BCUT2D eigenvalue weighted by molar-refractivity contribution is 1.01. The number of para-hydroxylation sites is 2. The van der Waals surface area contributed by atoms with Crippen molar-refractivity contribution in [3.63, 3.8) is 0 Å². The van der Waals surface area contributed by atoms with E-state index in [1.807, 2.05) is 0 Å². The first-order valence-electron chi connectivity index (χ1n) is 18.3. The van der Waals surface area contributed by atoms with Crippen LogP contribution in [0.15, 0.2) is 194 Å². The fraction of sp³-hybridized carbons (Fsp3) is 0. The maximum Gasteiger partial charge on any atom is 0.235 e. The molecule has 252 valence electrons. The molecule has 8 aromatic carbocycles. The molecule has 0 aliphatic carbocycles. The largest absolute Gasteiger partial charge is 0.309 e. The third kappa shape index (κ3) is 4.70. The standard InChI is InChI=1S/C50H32N4/c1-3-13-33(14-4-1)35-25-27-37(28-26-35)49-41-18-7-9-20-42(41)51-50(52-49)54-44-22-11-19-40-39-17-8-10-21-43(39)53(45-23-12-24-46(54)48(45)47(40)44)38-31-29-36(30-32-38)34-15-5-2-6-16-34/h1-32H. The molecule has 4 heteroatoms. The summed E-state index contributed by atoms with van der Waals surface area (Å²) in [4.78, 5) is 10.7. The van der Waals surface area contributed by atoms with Crippen molar-refractivity contribution >= 4 is 54.5 Å². The minimum absolute atomic E-state index is 0.651. The number of nitrogens with zero attached hydrogens (tertiary/aromatic N) is 4. The van der Waals surface area contributed by atoms with Gasteiger partial charge in [-0.3, -0.25) is 4.57 Å². The van der Waals surface area contributed by atoms with Gasteiger partial charge in [0.25, 0.3) is 0 Å². The Hall–Kier alpha value is -7.30. The Morgan fingerprint density at radius 2 is 0.778 bits per heavy atom. The van der Waals surface area contributed by atoms with Crippen LogP contribution in [0.25, 0.3) is 99.7 Å². The number of hydrogen-bond donors (Lipinski definition) is 0. The fourth-order valence-electron chi connectivity index (χ4n) is 8.29. The summed E-state index contributed by atoms with van der Waals surface area (Å²) in [5.41, 5.74) is 13.2. The summed E-state index contributed by atoms with van der Waals surface area (Å²) in [6.07, 6.45) is 0. The monoisotopic (exact) mass is 688 g/mol. The van der Waals surface area contributed by atoms with Gasteiger partial charge in [-0.15, -0.1) is 0 Å². The zero-order valence-electron chi connectivity index (χ0n) is 29.3. The second-order valence-corrected chi connectivity index (χ2v) is 13.8. The van der Waals surface area contributed by atoms with Crippen LogP contribution >= 0.6 is 0 Å². The molecule has 11 aromatic rings. The molecular weight excluding hydrogens is 657 g/mol. The van der Waals surface area contributed by atoms with Gasteiger partial charge in [0.1, 0.15) is 0 Å². The molecule has 0 unspecified atom stereocenters. The van der Waals surface area contributed by atoms with Crippen molar-refractivity contribution in [3.8, 4) is 45.1 Å². The summed E-state index contributed by atoms with van der Waals surface area (Å²) in [6.45, 7) is 0. The molecule has 0 saturated heterocycles. The van der Waals surface area contributed by atoms with Gasteiger partial charge in [0.05, 0.1) is 33.3 Å². The van der Waals surface area contributed by atoms with E-state index in [1.54, 1.807) is 0 Å². The summed E-state index contributed by atoms with van der Waals surface area (Å²) in [5, 5.41) is 5.78. The molecule has 54 heavy (non-hydrogen) atoms. The van der Waals surface area contributed by atoms with Crippen molar-refractivity contribution < 1.29 is 0 Å². The first kappa shape index (κ1) is 30.3. The van der Waals surface area contributed by atoms with Crippen molar-refractivity contribution in [2.45, 2.75) is 0 Å². The van der Waals surface area contributed by atoms with Crippen LogP contribution < -0.4 is 0 Å². The molecule has 11 rings (SSSR count). The first-order chi connectivity index (χ1) is 26.8. The van der Waals surface area contributed by atoms with Crippen LogP contribution in [0.5, 0.6) is 0 Å². The van der Waals surface area contributed by atoms with Crippen LogP contribution in [-0.4, -0.2) is 19.1 Å². The Morgan fingerprint density at radius 1 is 0.296 bits per heavy atom. The molecule has 0 N–H and O–H groups in total. The number of rotatable bonds is 5. The molecule has 0 radical (unpaired) electrons. The second kappa shape index (κ2) is 12.1. The zero-order chi connectivity index (χ0) is 35.6. The summed E-state index contributed by atoms with van der Waals surface area (Å²) >= 11 is 0. The Kier molecular flexibility index (Phi) is 6.82. The van der Waals surface area contributed by atoms with E-state index in [4.69, 9.17) is 9.97 Å². The maximum absolute atomic E-state index is 5.42. The number of aromatic nitrogens is 4. The van der Waals surface area contributed by atoms with Gasteiger partial charge in [0, 0.05) is 32.8 Å². The highest BCUT2D eigenvalue weighted by Crippen LogP contribution is 2.42. The summed E-state index contributed by atoms with van der Waals surface area (Å²) in [5.74, 6) is 0.651. The topological polar surface area (TPSA) is 35.6 Å². The molecule has 3 aromatic heterocycles. The third-order valence-electron chi connectivity index (χ3n) is 10.8. The Morgan fingerprint density at radius 3 is 1.48 bits per heavy atom. The van der Waals surface area contributed by atoms with Crippen LogP contribution in [0.4, 0.5) is 0 Å². The van der Waals surface area contributed by atoms with Crippen molar-refractivity contribution in [2.75, 3.05) is 0 Å². The van der Waals surface area contributed by atoms with Gasteiger partial charge in [-0.25, -0.2) is 9.97 Å². The quantitative estimate of drug-likeness (QED) is 0.180. The molecule has 0 atom stereocenters. The van der Waals surface area contributed by atoms with Gasteiger partial charge in [-0.1, -0.05) is 152 Å². The highest BCUT2D eigenvalue weighted by atomic mass is 15.2. The number of fused-ring (bicyclic) bond motifs is 3. The molecule has 0 saturated carbocycles. The molecule has 0 fully saturated rings. The van der Waals surface area contributed by atoms with E-state index < -0.39 is 0 Å². The van der Waals surface area contributed by atoms with Crippen LogP contribution in [0.2, 0.25) is 0 Å². The fourth-order valence-corrected chi connectivity index (χ4v) is 8.29. The van der Waals surface area contributed by atoms with Crippen molar-refractivity contribution in [1.29, 1.82) is 0 Å². The van der Waals surface area contributed by atoms with E-state index in [2.05, 4.69) is 203 Å². The zero-order valence-corrected chi connectivity index (χ0v) is 29.3. The molecule has 0 spiro atoms. The molecule has 0 aliphatic rings. The Balaban J connectivity index is 1.18. The van der Waals surface area contributed by atoms with E-state index in [-0.39, 0.29) is 0 Å². The highest BCUT2D eigenvalue weighted by Gasteiger charge is 2.22. The van der Waals surface area contributed by atoms with Crippen LogP contribution in [-0.2, 0) is 0 Å². The predicted molar refractivity (Wildman–Crippen MR) is 225 cm³/mol. The maximum atomic E-state index is 5.42. The highest BCUT2D eigenvalue weighted by molar-refractivity contribution is 6.27. The summed E-state index contributed by atoms with van der Waals surface area (Å²) in [6, 6.07) is 69.1. The average Bonchev–Trinajstić information content (AvgIpc) is 3.53. The molecule has 3 heterocycles. The summed E-state index contributed by atoms with van der Waals surface area (Å²) in [7, 11) is 0. The van der Waals surface area contributed by atoms with Gasteiger partial charge in [-0.2, -0.15) is 0 Å². The van der Waals surface area contributed by atoms with E-state index in [0.29, 0.717) is 5.95 Å². The third-order valence-corrected chi connectivity index (χ3v) is 10.8. The first-order valence-corrected chi connectivity index (χ1v) is 18.3. The van der Waals surface area contributed by atoms with E-state index in [1.165, 1.54) is 43.8 Å². The lowest BCUT2D eigenvalue weighted by Gasteiger charge is -2.14. The van der Waals surface area contributed by atoms with E-state index in [0.717, 1.165) is 49.9 Å². The van der Waals surface area contributed by atoms with Gasteiger partial charge >= 0.3 is 0 Å². The Labute approximate surface area is 311 Å². The SMILES string of the molecule is c1ccc(-c2ccc(-c3nc(-n4c5cccc6c7ccccc7n(-c7ccc(-c8ccccc8)cc7)c7cccc4c7c65)nc4ccccc34)cc2)cc1. The van der Waals surface area contributed by atoms with E-state index in [9.17, 15) is 0 Å². The van der Waals surface area contributed by atoms with Crippen molar-refractivity contribution in [2.24, 2.45) is 0 Å². The lowest BCUT2D eigenvalue weighted by atomic mass is 10.0. The molecular formula is C50H32N4. The predicted octanol–water partition coefficient (Wildman–Crippen LogP) is 12.8. The molecule has 0 bridgehead atoms. The van der Waals surface area contributed by atoms with E-state index >= 15 is 0 Å². The van der Waals surface area contributed by atoms with Crippen molar-refractivity contribution in [3.05, 3.63) is 194 Å². The lowest BCUT2D eigenvalue weighted by Crippen LogP contribution is -2.04. The second-order valence-electron chi connectivity index (χ2n) is 13.8. The van der Waals surface area contributed by atoms with Crippen molar-refractivity contribution in [1.82, 2.24) is 19.1 Å². The smallest absolute Gasteiger partial charge is 0.235 e. The van der Waals surface area contributed by atoms with Gasteiger partial charge in [0.15, 0.2) is 0 Å². The summed E-state index contributed by atoms with van der Waals surface area (Å²) < 4.78 is 4.67. The van der Waals surface area contributed by atoms with Crippen LogP contribution in [0.3, 0.4) is 0 Å².